The van der Waals surface area contributed by atoms with Gasteiger partial charge >= 0.3 is 0 Å². The van der Waals surface area contributed by atoms with Crippen LogP contribution in [0, 0.1) is 26.9 Å². The summed E-state index contributed by atoms with van der Waals surface area (Å²) in [7, 11) is 0. The fourth-order valence-corrected chi connectivity index (χ4v) is 2.37. The van der Waals surface area contributed by atoms with Crippen molar-refractivity contribution in [3.05, 3.63) is 33.9 Å². The quantitative estimate of drug-likeness (QED) is 0.658. The van der Waals surface area contributed by atoms with Gasteiger partial charge in [-0.3, -0.25) is 10.1 Å². The SMILES string of the molecule is CC1(CN)CCN(c2ccc(C#N)c([N+](=O)[O-])c2)C1. The number of nitriles is 1. The van der Waals surface area contributed by atoms with Gasteiger partial charge in [-0.25, -0.2) is 0 Å². The Morgan fingerprint density at radius 1 is 1.63 bits per heavy atom. The molecule has 0 spiro atoms. The zero-order valence-electron chi connectivity index (χ0n) is 10.8. The molecule has 1 unspecified atom stereocenters. The molecule has 0 saturated carbocycles. The fraction of sp³-hybridized carbons (Fsp3) is 0.462. The number of hydrogen-bond acceptors (Lipinski definition) is 5. The van der Waals surface area contributed by atoms with E-state index in [4.69, 9.17) is 11.0 Å². The molecule has 0 amide bonds. The van der Waals surface area contributed by atoms with Crippen LogP contribution in [0.3, 0.4) is 0 Å². The maximum atomic E-state index is 10.9. The second-order valence-corrected chi connectivity index (χ2v) is 5.26. The highest BCUT2D eigenvalue weighted by Gasteiger charge is 2.33. The van der Waals surface area contributed by atoms with Gasteiger partial charge in [0.2, 0.25) is 0 Å². The maximum Gasteiger partial charge on any atom is 0.289 e. The van der Waals surface area contributed by atoms with Crippen molar-refractivity contribution in [3.8, 4) is 6.07 Å². The Labute approximate surface area is 111 Å². The molecule has 1 aliphatic heterocycles. The number of anilines is 1. The van der Waals surface area contributed by atoms with Gasteiger partial charge in [0.25, 0.3) is 5.69 Å². The lowest BCUT2D eigenvalue weighted by Crippen LogP contribution is -2.31. The van der Waals surface area contributed by atoms with Gasteiger partial charge in [-0.05, 0) is 30.5 Å². The molecule has 2 N–H and O–H groups in total. The minimum atomic E-state index is -0.514. The number of nitro benzene ring substituents is 1. The van der Waals surface area contributed by atoms with Crippen molar-refractivity contribution in [1.29, 1.82) is 5.26 Å². The molecule has 0 aromatic heterocycles. The van der Waals surface area contributed by atoms with Crippen LogP contribution >= 0.6 is 0 Å². The van der Waals surface area contributed by atoms with E-state index in [1.165, 1.54) is 12.1 Å². The molecule has 19 heavy (non-hydrogen) atoms. The molecule has 1 aromatic carbocycles. The van der Waals surface area contributed by atoms with Crippen molar-refractivity contribution in [3.63, 3.8) is 0 Å². The number of hydrogen-bond donors (Lipinski definition) is 1. The van der Waals surface area contributed by atoms with Crippen molar-refractivity contribution in [2.75, 3.05) is 24.5 Å². The summed E-state index contributed by atoms with van der Waals surface area (Å²) in [5, 5.41) is 19.8. The van der Waals surface area contributed by atoms with Crippen LogP contribution in [0.4, 0.5) is 11.4 Å². The second-order valence-electron chi connectivity index (χ2n) is 5.26. The van der Waals surface area contributed by atoms with Gasteiger partial charge in [0, 0.05) is 24.8 Å². The Kier molecular flexibility index (Phi) is 3.40. The lowest BCUT2D eigenvalue weighted by molar-refractivity contribution is -0.385. The van der Waals surface area contributed by atoms with E-state index in [9.17, 15) is 10.1 Å². The summed E-state index contributed by atoms with van der Waals surface area (Å²) < 4.78 is 0. The van der Waals surface area contributed by atoms with Crippen molar-refractivity contribution in [2.24, 2.45) is 11.1 Å². The Morgan fingerprint density at radius 3 is 2.89 bits per heavy atom. The van der Waals surface area contributed by atoms with E-state index >= 15 is 0 Å². The Morgan fingerprint density at radius 2 is 2.37 bits per heavy atom. The summed E-state index contributed by atoms with van der Waals surface area (Å²) in [5.74, 6) is 0. The first-order valence-corrected chi connectivity index (χ1v) is 6.13. The molecule has 1 atom stereocenters. The second kappa shape index (κ2) is 4.86. The van der Waals surface area contributed by atoms with Crippen molar-refractivity contribution < 1.29 is 4.92 Å². The van der Waals surface area contributed by atoms with Crippen LogP contribution in [-0.4, -0.2) is 24.6 Å². The predicted octanol–water partition coefficient (Wildman–Crippen LogP) is 1.64. The van der Waals surface area contributed by atoms with Gasteiger partial charge < -0.3 is 10.6 Å². The fourth-order valence-electron chi connectivity index (χ4n) is 2.37. The number of nitrogens with zero attached hydrogens (tertiary/aromatic N) is 3. The van der Waals surface area contributed by atoms with Gasteiger partial charge in [0.15, 0.2) is 0 Å². The molecule has 1 aliphatic rings. The van der Waals surface area contributed by atoms with Crippen LogP contribution in [0.25, 0.3) is 0 Å². The third-order valence-electron chi connectivity index (χ3n) is 3.71. The molecule has 6 heteroatoms. The summed E-state index contributed by atoms with van der Waals surface area (Å²) in [5.41, 5.74) is 6.55. The minimum absolute atomic E-state index is 0.0582. The highest BCUT2D eigenvalue weighted by molar-refractivity contribution is 5.60. The lowest BCUT2D eigenvalue weighted by Gasteiger charge is -2.23. The topological polar surface area (TPSA) is 96.2 Å². The van der Waals surface area contributed by atoms with Gasteiger partial charge in [-0.15, -0.1) is 0 Å². The van der Waals surface area contributed by atoms with Gasteiger partial charge in [-0.2, -0.15) is 5.26 Å². The third-order valence-corrected chi connectivity index (χ3v) is 3.71. The van der Waals surface area contributed by atoms with Crippen LogP contribution in [-0.2, 0) is 0 Å². The molecule has 1 saturated heterocycles. The first-order chi connectivity index (χ1) is 8.99. The number of nitrogens with two attached hydrogens (primary N) is 1. The van der Waals surface area contributed by atoms with E-state index in [1.807, 2.05) is 6.07 Å². The molecule has 1 fully saturated rings. The monoisotopic (exact) mass is 260 g/mol. The molecular weight excluding hydrogens is 244 g/mol. The van der Waals surface area contributed by atoms with Crippen LogP contribution in [0.2, 0.25) is 0 Å². The molecule has 0 aliphatic carbocycles. The van der Waals surface area contributed by atoms with E-state index in [1.54, 1.807) is 6.07 Å². The molecular formula is C13H16N4O2. The number of benzene rings is 1. The Balaban J connectivity index is 2.31. The van der Waals surface area contributed by atoms with Crippen LogP contribution < -0.4 is 10.6 Å². The predicted molar refractivity (Wildman–Crippen MR) is 71.8 cm³/mol. The van der Waals surface area contributed by atoms with Crippen LogP contribution in [0.1, 0.15) is 18.9 Å². The standard InChI is InChI=1S/C13H16N4O2/c1-13(8-15)4-5-16(9-13)11-3-2-10(7-14)12(6-11)17(18)19/h2-3,6H,4-5,8-9,15H2,1H3. The summed E-state index contributed by atoms with van der Waals surface area (Å²) in [6.45, 7) is 4.33. The highest BCUT2D eigenvalue weighted by atomic mass is 16.6. The summed E-state index contributed by atoms with van der Waals surface area (Å²) in [6.07, 6.45) is 0.970. The van der Waals surface area contributed by atoms with E-state index in [0.29, 0.717) is 6.54 Å². The van der Waals surface area contributed by atoms with E-state index in [2.05, 4.69) is 11.8 Å². The molecule has 0 bridgehead atoms. The van der Waals surface area contributed by atoms with Gasteiger partial charge in [-0.1, -0.05) is 6.92 Å². The zero-order valence-corrected chi connectivity index (χ0v) is 10.8. The smallest absolute Gasteiger partial charge is 0.289 e. The van der Waals surface area contributed by atoms with Crippen molar-refractivity contribution in [2.45, 2.75) is 13.3 Å². The first kappa shape index (κ1) is 13.3. The van der Waals surface area contributed by atoms with E-state index in [-0.39, 0.29) is 16.7 Å². The van der Waals surface area contributed by atoms with Crippen LogP contribution in [0.5, 0.6) is 0 Å². The largest absolute Gasteiger partial charge is 0.371 e. The van der Waals surface area contributed by atoms with Crippen molar-refractivity contribution >= 4 is 11.4 Å². The Bertz CT molecular complexity index is 552. The summed E-state index contributed by atoms with van der Waals surface area (Å²) in [6, 6.07) is 6.58. The molecule has 1 heterocycles. The lowest BCUT2D eigenvalue weighted by atomic mass is 9.90. The minimum Gasteiger partial charge on any atom is -0.371 e. The summed E-state index contributed by atoms with van der Waals surface area (Å²) >= 11 is 0. The molecule has 100 valence electrons. The zero-order chi connectivity index (χ0) is 14.0. The number of rotatable bonds is 3. The Hall–Kier alpha value is -2.13. The van der Waals surface area contributed by atoms with E-state index < -0.39 is 4.92 Å². The molecule has 1 aromatic rings. The average molecular weight is 260 g/mol. The van der Waals surface area contributed by atoms with Crippen molar-refractivity contribution in [1.82, 2.24) is 0 Å². The average Bonchev–Trinajstić information content (AvgIpc) is 2.81. The normalized spacial score (nSPS) is 22.3. The molecule has 0 radical (unpaired) electrons. The van der Waals surface area contributed by atoms with Crippen LogP contribution in [0.15, 0.2) is 18.2 Å². The van der Waals surface area contributed by atoms with Gasteiger partial charge in [0.05, 0.1) is 4.92 Å². The summed E-state index contributed by atoms with van der Waals surface area (Å²) in [4.78, 5) is 12.5. The maximum absolute atomic E-state index is 10.9. The first-order valence-electron chi connectivity index (χ1n) is 6.13. The number of nitro groups is 1. The molecule has 2 rings (SSSR count). The van der Waals surface area contributed by atoms with Gasteiger partial charge in [0.1, 0.15) is 11.6 Å². The van der Waals surface area contributed by atoms with E-state index in [0.717, 1.165) is 25.2 Å². The molecule has 6 nitrogen and oxygen atoms in total. The third kappa shape index (κ3) is 2.51. The highest BCUT2D eigenvalue weighted by Crippen LogP contribution is 2.34.